The van der Waals surface area contributed by atoms with Crippen molar-refractivity contribution in [3.8, 4) is 0 Å². The number of hydrogen-bond donors (Lipinski definition) is 0. The molecule has 0 heterocycles. The molecule has 0 aliphatic heterocycles. The van der Waals surface area contributed by atoms with Crippen molar-refractivity contribution in [2.75, 3.05) is 0 Å². The topological polar surface area (TPSA) is 161 Å². The van der Waals surface area contributed by atoms with E-state index in [0.717, 1.165) is 0 Å². The van der Waals surface area contributed by atoms with Crippen LogP contribution in [0.1, 0.15) is 0 Å². The predicted octanol–water partition coefficient (Wildman–Crippen LogP) is -11.2. The van der Waals surface area contributed by atoms with Gasteiger partial charge in [-0.15, -0.1) is 0 Å². The molecular weight excluding hydrogens is 495 g/mol. The first kappa shape index (κ1) is 36.0. The molecule has 0 aromatic carbocycles. The van der Waals surface area contributed by atoms with Crippen molar-refractivity contribution in [2.45, 2.75) is 0 Å². The first-order chi connectivity index (χ1) is 5.66. The van der Waals surface area contributed by atoms with Crippen LogP contribution in [0.4, 0.5) is 0 Å². The minimum atomic E-state index is -2.19. The quantitative estimate of drug-likeness (QED) is 0.297. The van der Waals surface area contributed by atoms with Crippen molar-refractivity contribution in [2.24, 2.45) is 0 Å². The molecule has 0 N–H and O–H groups in total. The molecule has 8 nitrogen and oxygen atoms in total. The Morgan fingerprint density at radius 3 is 0.571 bits per heavy atom. The van der Waals surface area contributed by atoms with Crippen molar-refractivity contribution in [3.63, 3.8) is 0 Å². The summed E-state index contributed by atoms with van der Waals surface area (Å²) in [5.74, 6) is 0. The van der Waals surface area contributed by atoms with E-state index in [2.05, 4.69) is 0 Å². The molecule has 0 rings (SSSR count). The summed E-state index contributed by atoms with van der Waals surface area (Å²) in [4.78, 5) is 0. The van der Waals surface area contributed by atoms with Gasteiger partial charge in [0.05, 0.1) is 0 Å². The average molecular weight is 499 g/mol. The zero-order valence-electron chi connectivity index (χ0n) is 7.15. The molecule has 0 saturated heterocycles. The Morgan fingerprint density at radius 1 is 0.571 bits per heavy atom. The Bertz CT molecular complexity index is 75.3. The summed E-state index contributed by atoms with van der Waals surface area (Å²) in [5.41, 5.74) is 0. The molecule has 14 heteroatoms. The van der Waals surface area contributed by atoms with Gasteiger partial charge in [0.2, 0.25) is 0 Å². The summed E-state index contributed by atoms with van der Waals surface area (Å²) < 4.78 is 68.2. The molecule has 0 spiro atoms. The van der Waals surface area contributed by atoms with Crippen molar-refractivity contribution in [1.29, 1.82) is 0 Å². The zero-order chi connectivity index (χ0) is 10.8. The van der Waals surface area contributed by atoms with Gasteiger partial charge in [0, 0.05) is 0 Å². The van der Waals surface area contributed by atoms with E-state index in [1.54, 1.807) is 0 Å². The summed E-state index contributed by atoms with van der Waals surface area (Å²) in [6, 6.07) is 0. The number of hydrogen-bond acceptors (Lipinski definition) is 8. The average Bonchev–Trinajstić information content (AvgIpc) is 1.92. The van der Waals surface area contributed by atoms with Gasteiger partial charge in [-0.05, 0) is 0 Å². The molecular formula is H4GaGe4LiO8. The van der Waals surface area contributed by atoms with Gasteiger partial charge in [-0.1, -0.05) is 0 Å². The van der Waals surface area contributed by atoms with Crippen LogP contribution in [0.5, 0.6) is 0 Å². The first-order valence-electron chi connectivity index (χ1n) is 1.89. The van der Waals surface area contributed by atoms with Crippen molar-refractivity contribution < 1.29 is 50.5 Å². The van der Waals surface area contributed by atoms with Crippen LogP contribution in [-0.4, -0.2) is 82.6 Å². The van der Waals surface area contributed by atoms with Crippen LogP contribution in [0.2, 0.25) is 0 Å². The maximum atomic E-state index is 8.53. The summed E-state index contributed by atoms with van der Waals surface area (Å²) in [6.07, 6.45) is 0. The normalized spacial score (nSPS) is 3.43. The van der Waals surface area contributed by atoms with Gasteiger partial charge in [0.15, 0.2) is 0 Å². The molecule has 0 amide bonds. The fourth-order valence-corrected chi connectivity index (χ4v) is 0. The summed E-state index contributed by atoms with van der Waals surface area (Å²) in [5, 5.41) is 0. The SMILES string of the molecule is [Ga+3].[Li+].[O]=[GeH][O-].[O]=[GeH][O-].[O]=[GeH][O-].[O]=[GeH][O-]. The zero-order valence-corrected chi connectivity index (χ0v) is 19.3. The van der Waals surface area contributed by atoms with Crippen LogP contribution in [0.25, 0.3) is 0 Å². The van der Waals surface area contributed by atoms with E-state index in [-0.39, 0.29) is 38.7 Å². The molecule has 0 aliphatic rings. The molecule has 0 bridgehead atoms. The first-order valence-corrected chi connectivity index (χ1v) is 9.80. The van der Waals surface area contributed by atoms with Crippen LogP contribution in [0.15, 0.2) is 0 Å². The molecule has 0 fully saturated rings. The van der Waals surface area contributed by atoms with Gasteiger partial charge in [0.25, 0.3) is 0 Å². The van der Waals surface area contributed by atoms with E-state index in [0.29, 0.717) is 0 Å². The van der Waals surface area contributed by atoms with Gasteiger partial charge in [-0.25, -0.2) is 0 Å². The van der Waals surface area contributed by atoms with Gasteiger partial charge < -0.3 is 0 Å². The third-order valence-corrected chi connectivity index (χ3v) is 0. The second kappa shape index (κ2) is 83.7. The summed E-state index contributed by atoms with van der Waals surface area (Å²) in [6.45, 7) is 0. The van der Waals surface area contributed by atoms with E-state index in [1.807, 2.05) is 0 Å². The van der Waals surface area contributed by atoms with E-state index < -0.39 is 62.8 Å². The van der Waals surface area contributed by atoms with Gasteiger partial charge >= 0.3 is 133 Å². The Kier molecular flexibility index (Phi) is 216. The maximum absolute atomic E-state index is 8.53. The summed E-state index contributed by atoms with van der Waals surface area (Å²) >= 11 is -8.75. The fourth-order valence-electron chi connectivity index (χ4n) is 0. The molecule has 0 aliphatic carbocycles. The van der Waals surface area contributed by atoms with Crippen molar-refractivity contribution >= 4 is 82.6 Å². The Morgan fingerprint density at radius 2 is 0.571 bits per heavy atom. The monoisotopic (exact) mass is 504 g/mol. The minimum absolute atomic E-state index is 0. The standard InChI is InChI=1S/Ga.4GeHO2.Li/c;4*2-1-3;/h;4*1H;/q+3;4*-1;+1. The third-order valence-electron chi connectivity index (χ3n) is 0. The van der Waals surface area contributed by atoms with Crippen LogP contribution in [0, 0.1) is 0 Å². The Balaban J connectivity index is -0.0000000145. The number of rotatable bonds is 0. The Labute approximate surface area is 131 Å². The molecule has 0 atom stereocenters. The molecule has 0 aromatic heterocycles. The van der Waals surface area contributed by atoms with Crippen molar-refractivity contribution in [3.05, 3.63) is 0 Å². The van der Waals surface area contributed by atoms with Crippen LogP contribution < -0.4 is 35.4 Å². The second-order valence-electron chi connectivity index (χ2n) is 0.385. The Hall–Kier alpha value is 1.81. The van der Waals surface area contributed by atoms with Crippen LogP contribution in [-0.2, 0) is 15.1 Å². The van der Waals surface area contributed by atoms with Crippen molar-refractivity contribution in [1.82, 2.24) is 0 Å². The van der Waals surface area contributed by atoms with Gasteiger partial charge in [-0.2, -0.15) is 0 Å². The van der Waals surface area contributed by atoms with Crippen LogP contribution in [0.3, 0.4) is 0 Å². The predicted molar refractivity (Wildman–Crippen MR) is 37.1 cm³/mol. The fraction of sp³-hybridized carbons (Fsp3) is 0. The molecule has 0 unspecified atom stereocenters. The van der Waals surface area contributed by atoms with E-state index >= 15 is 0 Å². The van der Waals surface area contributed by atoms with E-state index in [1.165, 1.54) is 0 Å². The summed E-state index contributed by atoms with van der Waals surface area (Å²) in [7, 11) is 0. The molecule has 14 heavy (non-hydrogen) atoms. The molecule has 0 saturated carbocycles. The van der Waals surface area contributed by atoms with E-state index in [9.17, 15) is 0 Å². The third kappa shape index (κ3) is 695. The molecule has 0 radical (unpaired) electrons. The van der Waals surface area contributed by atoms with Gasteiger partial charge in [0.1, 0.15) is 0 Å². The molecule has 0 aromatic rings. The van der Waals surface area contributed by atoms with Gasteiger partial charge in [-0.3, -0.25) is 0 Å². The van der Waals surface area contributed by atoms with Crippen LogP contribution >= 0.6 is 0 Å². The van der Waals surface area contributed by atoms with E-state index in [4.69, 9.17) is 31.6 Å². The second-order valence-corrected chi connectivity index (χ2v) is 2.00. The molecule has 72 valence electrons.